The number of thiophene rings is 1. The highest BCUT2D eigenvalue weighted by molar-refractivity contribution is 7.10. The van der Waals surface area contributed by atoms with Crippen LogP contribution in [-0.2, 0) is 9.59 Å². The quantitative estimate of drug-likeness (QED) is 0.852. The Kier molecular flexibility index (Phi) is 3.78. The van der Waals surface area contributed by atoms with Crippen LogP contribution in [0.5, 0.6) is 0 Å². The molecular formula is C12H16N2O2S. The maximum atomic E-state index is 12.0. The molecule has 1 aliphatic heterocycles. The van der Waals surface area contributed by atoms with Crippen LogP contribution in [0.15, 0.2) is 17.5 Å². The van der Waals surface area contributed by atoms with Gasteiger partial charge >= 0.3 is 0 Å². The molecule has 0 radical (unpaired) electrons. The van der Waals surface area contributed by atoms with Crippen molar-refractivity contribution < 1.29 is 9.59 Å². The summed E-state index contributed by atoms with van der Waals surface area (Å²) in [6, 6.07) is 4.07. The van der Waals surface area contributed by atoms with Crippen LogP contribution in [0.25, 0.3) is 0 Å². The van der Waals surface area contributed by atoms with Crippen molar-refractivity contribution in [2.75, 3.05) is 6.54 Å². The van der Waals surface area contributed by atoms with E-state index in [1.165, 1.54) is 0 Å². The van der Waals surface area contributed by atoms with Gasteiger partial charge < -0.3 is 10.6 Å². The van der Waals surface area contributed by atoms with Gasteiger partial charge in [-0.05, 0) is 17.9 Å². The highest BCUT2D eigenvalue weighted by Crippen LogP contribution is 2.22. The highest BCUT2D eigenvalue weighted by Gasteiger charge is 2.29. The molecule has 0 saturated carbocycles. The summed E-state index contributed by atoms with van der Waals surface area (Å²) < 4.78 is 0. The van der Waals surface area contributed by atoms with E-state index in [-0.39, 0.29) is 23.8 Å². The maximum absolute atomic E-state index is 12.0. The van der Waals surface area contributed by atoms with E-state index in [1.54, 1.807) is 11.3 Å². The van der Waals surface area contributed by atoms with E-state index < -0.39 is 0 Å². The Morgan fingerprint density at radius 3 is 3.06 bits per heavy atom. The summed E-state index contributed by atoms with van der Waals surface area (Å²) in [5.74, 6) is -0.269. The summed E-state index contributed by atoms with van der Waals surface area (Å²) in [5.41, 5.74) is 0. The molecule has 1 fully saturated rings. The Morgan fingerprint density at radius 1 is 1.71 bits per heavy atom. The lowest BCUT2D eigenvalue weighted by atomic mass is 10.1. The van der Waals surface area contributed by atoms with Crippen molar-refractivity contribution in [3.05, 3.63) is 22.4 Å². The summed E-state index contributed by atoms with van der Waals surface area (Å²) in [5, 5.41) is 7.69. The predicted molar refractivity (Wildman–Crippen MR) is 66.6 cm³/mol. The van der Waals surface area contributed by atoms with Gasteiger partial charge in [-0.3, -0.25) is 9.59 Å². The zero-order valence-electron chi connectivity index (χ0n) is 9.73. The van der Waals surface area contributed by atoms with Gasteiger partial charge in [-0.1, -0.05) is 13.0 Å². The van der Waals surface area contributed by atoms with E-state index in [4.69, 9.17) is 0 Å². The first kappa shape index (κ1) is 12.1. The number of rotatable bonds is 4. The van der Waals surface area contributed by atoms with E-state index in [0.717, 1.165) is 11.3 Å². The number of carbonyl (C=O) groups excluding carboxylic acids is 2. The second-order valence-corrected chi connectivity index (χ2v) is 5.17. The topological polar surface area (TPSA) is 58.2 Å². The first-order valence-corrected chi connectivity index (χ1v) is 6.69. The van der Waals surface area contributed by atoms with Crippen molar-refractivity contribution in [3.63, 3.8) is 0 Å². The monoisotopic (exact) mass is 252 g/mol. The Morgan fingerprint density at radius 2 is 2.53 bits per heavy atom. The van der Waals surface area contributed by atoms with Crippen molar-refractivity contribution >= 4 is 23.2 Å². The molecule has 92 valence electrons. The minimum absolute atomic E-state index is 0.0244. The van der Waals surface area contributed by atoms with Gasteiger partial charge in [0.2, 0.25) is 11.8 Å². The summed E-state index contributed by atoms with van der Waals surface area (Å²) in [4.78, 5) is 24.2. The standard InChI is InChI=1S/C12H16N2O2S/c1-2-9(10-4-3-5-17-10)14-12(16)8-6-11(15)13-7-8/h3-5,8-9H,2,6-7H2,1H3,(H,13,15)(H,14,16). The van der Waals surface area contributed by atoms with E-state index in [9.17, 15) is 9.59 Å². The first-order chi connectivity index (χ1) is 8.20. The predicted octanol–water partition coefficient (Wildman–Crippen LogP) is 1.45. The largest absolute Gasteiger partial charge is 0.355 e. The Balaban J connectivity index is 1.95. The van der Waals surface area contributed by atoms with Gasteiger partial charge in [0.15, 0.2) is 0 Å². The molecule has 2 amide bonds. The third kappa shape index (κ3) is 2.85. The molecule has 17 heavy (non-hydrogen) atoms. The van der Waals surface area contributed by atoms with Crippen LogP contribution in [0.1, 0.15) is 30.7 Å². The molecule has 2 heterocycles. The molecule has 1 aliphatic rings. The molecule has 0 spiro atoms. The molecule has 1 aromatic heterocycles. The summed E-state index contributed by atoms with van der Waals surface area (Å²) in [6.07, 6.45) is 1.17. The normalized spacial score (nSPS) is 21.0. The SMILES string of the molecule is CCC(NC(=O)C1CNC(=O)C1)c1cccs1. The molecule has 1 aromatic rings. The minimum atomic E-state index is -0.212. The molecule has 2 atom stereocenters. The van der Waals surface area contributed by atoms with Crippen molar-refractivity contribution in [2.45, 2.75) is 25.8 Å². The van der Waals surface area contributed by atoms with Crippen molar-refractivity contribution in [1.29, 1.82) is 0 Å². The van der Waals surface area contributed by atoms with Crippen LogP contribution in [0.4, 0.5) is 0 Å². The molecule has 2 rings (SSSR count). The lowest BCUT2D eigenvalue weighted by Crippen LogP contribution is -2.34. The molecule has 0 bridgehead atoms. The molecular weight excluding hydrogens is 236 g/mol. The average Bonchev–Trinajstić information content (AvgIpc) is 2.96. The first-order valence-electron chi connectivity index (χ1n) is 5.81. The fourth-order valence-corrected chi connectivity index (χ4v) is 2.81. The third-order valence-electron chi connectivity index (χ3n) is 2.96. The molecule has 5 heteroatoms. The lowest BCUT2D eigenvalue weighted by molar-refractivity contribution is -0.127. The van der Waals surface area contributed by atoms with Gasteiger partial charge in [0, 0.05) is 17.8 Å². The van der Waals surface area contributed by atoms with Gasteiger partial charge in [0.25, 0.3) is 0 Å². The van der Waals surface area contributed by atoms with Crippen LogP contribution in [0.3, 0.4) is 0 Å². The zero-order chi connectivity index (χ0) is 12.3. The van der Waals surface area contributed by atoms with Crippen LogP contribution in [0, 0.1) is 5.92 Å². The number of amides is 2. The molecule has 4 nitrogen and oxygen atoms in total. The van der Waals surface area contributed by atoms with E-state index in [2.05, 4.69) is 10.6 Å². The molecule has 1 saturated heterocycles. The van der Waals surface area contributed by atoms with Gasteiger partial charge in [0.1, 0.15) is 0 Å². The van der Waals surface area contributed by atoms with Gasteiger partial charge in [0.05, 0.1) is 12.0 Å². The maximum Gasteiger partial charge on any atom is 0.225 e. The fraction of sp³-hybridized carbons (Fsp3) is 0.500. The van der Waals surface area contributed by atoms with Gasteiger partial charge in [-0.15, -0.1) is 11.3 Å². The Hall–Kier alpha value is -1.36. The number of hydrogen-bond donors (Lipinski definition) is 2. The van der Waals surface area contributed by atoms with E-state index in [0.29, 0.717) is 13.0 Å². The number of carbonyl (C=O) groups is 2. The van der Waals surface area contributed by atoms with Gasteiger partial charge in [-0.25, -0.2) is 0 Å². The molecule has 2 unspecified atom stereocenters. The van der Waals surface area contributed by atoms with Crippen LogP contribution in [-0.4, -0.2) is 18.4 Å². The Labute approximate surface area is 104 Å². The summed E-state index contributed by atoms with van der Waals surface area (Å²) >= 11 is 1.64. The van der Waals surface area contributed by atoms with Crippen molar-refractivity contribution in [3.8, 4) is 0 Å². The smallest absolute Gasteiger partial charge is 0.225 e. The second kappa shape index (κ2) is 5.31. The highest BCUT2D eigenvalue weighted by atomic mass is 32.1. The molecule has 0 aromatic carbocycles. The van der Waals surface area contributed by atoms with Crippen LogP contribution in [0.2, 0.25) is 0 Å². The van der Waals surface area contributed by atoms with Crippen molar-refractivity contribution in [2.24, 2.45) is 5.92 Å². The molecule has 2 N–H and O–H groups in total. The third-order valence-corrected chi connectivity index (χ3v) is 3.95. The van der Waals surface area contributed by atoms with Crippen molar-refractivity contribution in [1.82, 2.24) is 10.6 Å². The summed E-state index contributed by atoms with van der Waals surface area (Å²) in [7, 11) is 0. The number of nitrogens with one attached hydrogen (secondary N) is 2. The Bertz CT molecular complexity index is 403. The minimum Gasteiger partial charge on any atom is -0.355 e. The number of hydrogen-bond acceptors (Lipinski definition) is 3. The van der Waals surface area contributed by atoms with E-state index in [1.807, 2.05) is 24.4 Å². The average molecular weight is 252 g/mol. The van der Waals surface area contributed by atoms with Crippen LogP contribution >= 0.6 is 11.3 Å². The van der Waals surface area contributed by atoms with Gasteiger partial charge in [-0.2, -0.15) is 0 Å². The molecule has 0 aliphatic carbocycles. The second-order valence-electron chi connectivity index (χ2n) is 4.19. The fourth-order valence-electron chi connectivity index (χ4n) is 1.94. The van der Waals surface area contributed by atoms with E-state index >= 15 is 0 Å². The zero-order valence-corrected chi connectivity index (χ0v) is 10.5. The lowest BCUT2D eigenvalue weighted by Gasteiger charge is -2.17. The summed E-state index contributed by atoms with van der Waals surface area (Å²) in [6.45, 7) is 2.51. The van der Waals surface area contributed by atoms with Crippen LogP contribution < -0.4 is 10.6 Å².